The van der Waals surface area contributed by atoms with Crippen LogP contribution < -0.4 is 4.74 Å². The number of methoxy groups -OCH3 is 1. The van der Waals surface area contributed by atoms with Gasteiger partial charge in [-0.1, -0.05) is 47.6 Å². The molecule has 0 aliphatic carbocycles. The minimum absolute atomic E-state index is 0.517. The van der Waals surface area contributed by atoms with Gasteiger partial charge < -0.3 is 13.7 Å². The molecule has 3 heterocycles. The van der Waals surface area contributed by atoms with E-state index < -0.39 is 0 Å². The maximum atomic E-state index is 6.35. The zero-order valence-electron chi connectivity index (χ0n) is 18.2. The number of benzene rings is 2. The van der Waals surface area contributed by atoms with Crippen LogP contribution in [0.1, 0.15) is 17.0 Å². The van der Waals surface area contributed by atoms with Crippen molar-refractivity contribution >= 4 is 34.4 Å². The molecule has 0 spiro atoms. The minimum atomic E-state index is 0.517. The van der Waals surface area contributed by atoms with Crippen molar-refractivity contribution in [3.05, 3.63) is 89.0 Å². The molecule has 5 aromatic rings. The molecule has 0 saturated carbocycles. The van der Waals surface area contributed by atoms with E-state index in [4.69, 9.17) is 30.7 Å². The molecule has 0 radical (unpaired) electrons. The molecule has 0 fully saturated rings. The van der Waals surface area contributed by atoms with Crippen molar-refractivity contribution in [1.29, 1.82) is 0 Å². The van der Waals surface area contributed by atoms with Gasteiger partial charge in [0, 0.05) is 11.9 Å². The van der Waals surface area contributed by atoms with Crippen LogP contribution in [0, 0.1) is 6.92 Å². The largest absolute Gasteiger partial charge is 0.497 e. The summed E-state index contributed by atoms with van der Waals surface area (Å²) in [6.45, 7) is 2.44. The van der Waals surface area contributed by atoms with Crippen LogP contribution in [0.2, 0.25) is 5.02 Å². The fourth-order valence-corrected chi connectivity index (χ4v) is 4.74. The molecular weight excluding hydrogens is 456 g/mol. The Balaban J connectivity index is 1.46. The molecular formula is C25H21ClN4O2S. The van der Waals surface area contributed by atoms with Gasteiger partial charge in [-0.15, -0.1) is 0 Å². The Hall–Kier alpha value is -3.29. The summed E-state index contributed by atoms with van der Waals surface area (Å²) >= 11 is 8.02. The smallest absolute Gasteiger partial charge is 0.228 e. The van der Waals surface area contributed by atoms with Crippen molar-refractivity contribution in [2.45, 2.75) is 24.4 Å². The van der Waals surface area contributed by atoms with Crippen LogP contribution in [0.25, 0.3) is 22.5 Å². The van der Waals surface area contributed by atoms with Gasteiger partial charge in [-0.05, 0) is 42.8 Å². The van der Waals surface area contributed by atoms with Gasteiger partial charge in [0.2, 0.25) is 5.89 Å². The molecule has 5 rings (SSSR count). The van der Waals surface area contributed by atoms with E-state index in [1.54, 1.807) is 25.1 Å². The van der Waals surface area contributed by atoms with Gasteiger partial charge in [0.25, 0.3) is 0 Å². The number of ether oxygens (including phenoxy) is 1. The second-order valence-electron chi connectivity index (χ2n) is 7.48. The Kier molecular flexibility index (Phi) is 6.07. The molecule has 0 unspecified atom stereocenters. The SMILES string of the molecule is COc1ccc(CSc2nc3ccncc3n2Cc2nc(-c3ccccc3Cl)oc2C)cc1. The number of oxazole rings is 1. The van der Waals surface area contributed by atoms with Crippen LogP contribution in [0.5, 0.6) is 5.75 Å². The van der Waals surface area contributed by atoms with Gasteiger partial charge in [-0.3, -0.25) is 4.98 Å². The molecule has 0 aliphatic heterocycles. The molecule has 3 aromatic heterocycles. The average molecular weight is 477 g/mol. The quantitative estimate of drug-likeness (QED) is 0.253. The molecule has 166 valence electrons. The molecule has 8 heteroatoms. The van der Waals surface area contributed by atoms with Crippen LogP contribution in [0.4, 0.5) is 0 Å². The normalized spacial score (nSPS) is 11.2. The molecule has 2 aromatic carbocycles. The molecule has 33 heavy (non-hydrogen) atoms. The minimum Gasteiger partial charge on any atom is -0.497 e. The summed E-state index contributed by atoms with van der Waals surface area (Å²) in [6, 6.07) is 17.5. The highest BCUT2D eigenvalue weighted by atomic mass is 35.5. The van der Waals surface area contributed by atoms with Gasteiger partial charge in [0.05, 0.1) is 41.5 Å². The number of hydrogen-bond acceptors (Lipinski definition) is 6. The predicted molar refractivity (Wildman–Crippen MR) is 131 cm³/mol. The average Bonchev–Trinajstić information content (AvgIpc) is 3.38. The maximum Gasteiger partial charge on any atom is 0.228 e. The van der Waals surface area contributed by atoms with E-state index in [0.717, 1.165) is 44.7 Å². The number of rotatable bonds is 7. The number of aryl methyl sites for hydroxylation is 1. The van der Waals surface area contributed by atoms with E-state index in [2.05, 4.69) is 21.7 Å². The Morgan fingerprint density at radius 2 is 1.88 bits per heavy atom. The number of imidazole rings is 1. The van der Waals surface area contributed by atoms with E-state index in [1.807, 2.05) is 55.6 Å². The first-order valence-corrected chi connectivity index (χ1v) is 11.8. The van der Waals surface area contributed by atoms with E-state index >= 15 is 0 Å². The Labute approximate surface area is 200 Å². The summed E-state index contributed by atoms with van der Waals surface area (Å²) in [5.41, 5.74) is 4.65. The van der Waals surface area contributed by atoms with Crippen molar-refractivity contribution in [3.8, 4) is 17.2 Å². The Morgan fingerprint density at radius 3 is 2.67 bits per heavy atom. The van der Waals surface area contributed by atoms with Crippen molar-refractivity contribution in [2.75, 3.05) is 7.11 Å². The van der Waals surface area contributed by atoms with E-state index in [9.17, 15) is 0 Å². The number of hydrogen-bond donors (Lipinski definition) is 0. The van der Waals surface area contributed by atoms with Crippen LogP contribution in [0.3, 0.4) is 0 Å². The second kappa shape index (κ2) is 9.29. The van der Waals surface area contributed by atoms with Crippen LogP contribution in [-0.2, 0) is 12.3 Å². The number of thioether (sulfide) groups is 1. The summed E-state index contributed by atoms with van der Waals surface area (Å²) in [7, 11) is 1.67. The first-order valence-electron chi connectivity index (χ1n) is 10.4. The molecule has 0 aliphatic rings. The lowest BCUT2D eigenvalue weighted by Gasteiger charge is -2.08. The number of pyridine rings is 1. The van der Waals surface area contributed by atoms with Gasteiger partial charge in [-0.2, -0.15) is 0 Å². The molecule has 0 saturated heterocycles. The number of aromatic nitrogens is 4. The first kappa shape index (κ1) is 21.6. The van der Waals surface area contributed by atoms with Gasteiger partial charge in [0.1, 0.15) is 17.2 Å². The Bertz CT molecular complexity index is 1410. The Morgan fingerprint density at radius 1 is 1.06 bits per heavy atom. The topological polar surface area (TPSA) is 66.0 Å². The molecule has 0 bridgehead atoms. The summed E-state index contributed by atoms with van der Waals surface area (Å²) in [6.07, 6.45) is 3.60. The lowest BCUT2D eigenvalue weighted by molar-refractivity contribution is 0.414. The monoisotopic (exact) mass is 476 g/mol. The van der Waals surface area contributed by atoms with Crippen LogP contribution >= 0.6 is 23.4 Å². The molecule has 0 amide bonds. The second-order valence-corrected chi connectivity index (χ2v) is 8.83. The molecule has 6 nitrogen and oxygen atoms in total. The standard InChI is InChI=1S/C25H21ClN4O2S/c1-16-22(28-24(32-16)19-5-3-4-6-20(19)26)14-30-23-13-27-12-11-21(23)29-25(30)33-15-17-7-9-18(31-2)10-8-17/h3-13H,14-15H2,1-2H3. The maximum absolute atomic E-state index is 6.35. The van der Waals surface area contributed by atoms with Crippen molar-refractivity contribution < 1.29 is 9.15 Å². The zero-order chi connectivity index (χ0) is 22.8. The van der Waals surface area contributed by atoms with Gasteiger partial charge in [-0.25, -0.2) is 9.97 Å². The lowest BCUT2D eigenvalue weighted by Crippen LogP contribution is -2.03. The summed E-state index contributed by atoms with van der Waals surface area (Å²) < 4.78 is 13.4. The third-order valence-electron chi connectivity index (χ3n) is 5.35. The third-order valence-corrected chi connectivity index (χ3v) is 6.72. The zero-order valence-corrected chi connectivity index (χ0v) is 19.7. The number of halogens is 1. The number of nitrogens with zero attached hydrogens (tertiary/aromatic N) is 4. The van der Waals surface area contributed by atoms with Crippen molar-refractivity contribution in [3.63, 3.8) is 0 Å². The fourth-order valence-electron chi connectivity index (χ4n) is 3.55. The summed E-state index contributed by atoms with van der Waals surface area (Å²) in [5.74, 6) is 2.89. The van der Waals surface area contributed by atoms with Gasteiger partial charge >= 0.3 is 0 Å². The molecule has 0 atom stereocenters. The number of fused-ring (bicyclic) bond motifs is 1. The third kappa shape index (κ3) is 4.47. The predicted octanol–water partition coefficient (Wildman–Crippen LogP) is 6.40. The van der Waals surface area contributed by atoms with Crippen molar-refractivity contribution in [1.82, 2.24) is 19.5 Å². The lowest BCUT2D eigenvalue weighted by atomic mass is 10.2. The van der Waals surface area contributed by atoms with E-state index in [1.165, 1.54) is 5.56 Å². The van der Waals surface area contributed by atoms with Crippen molar-refractivity contribution in [2.24, 2.45) is 0 Å². The van der Waals surface area contributed by atoms with Crippen LogP contribution in [0.15, 0.2) is 76.6 Å². The highest BCUT2D eigenvalue weighted by molar-refractivity contribution is 7.98. The highest BCUT2D eigenvalue weighted by Crippen LogP contribution is 2.31. The van der Waals surface area contributed by atoms with E-state index in [0.29, 0.717) is 17.5 Å². The van der Waals surface area contributed by atoms with E-state index in [-0.39, 0.29) is 0 Å². The highest BCUT2D eigenvalue weighted by Gasteiger charge is 2.18. The van der Waals surface area contributed by atoms with Gasteiger partial charge in [0.15, 0.2) is 5.16 Å². The summed E-state index contributed by atoms with van der Waals surface area (Å²) in [4.78, 5) is 13.9. The fraction of sp³-hybridized carbons (Fsp3) is 0.160. The molecule has 0 N–H and O–H groups in total. The summed E-state index contributed by atoms with van der Waals surface area (Å²) in [5, 5.41) is 1.51. The van der Waals surface area contributed by atoms with Crippen LogP contribution in [-0.4, -0.2) is 26.6 Å². The first-order chi connectivity index (χ1) is 16.1.